The zero-order valence-electron chi connectivity index (χ0n) is 12.5. The number of rotatable bonds is 4. The first-order valence-corrected chi connectivity index (χ1v) is 7.50. The fourth-order valence-electron chi connectivity index (χ4n) is 2.68. The molecule has 4 heteroatoms. The zero-order chi connectivity index (χ0) is 15.0. The number of hydrogen-bond acceptors (Lipinski definition) is 2. The summed E-state index contributed by atoms with van der Waals surface area (Å²) < 4.78 is 0. The molecule has 0 aliphatic heterocycles. The van der Waals surface area contributed by atoms with Gasteiger partial charge in [-0.1, -0.05) is 18.6 Å². The average molecular weight is 284 g/mol. The minimum Gasteiger partial charge on any atom is -0.335 e. The number of nitrogens with zero attached hydrogens (tertiary/aromatic N) is 1. The van der Waals surface area contributed by atoms with Gasteiger partial charge in [-0.15, -0.1) is 0 Å². The molecule has 0 radical (unpaired) electrons. The molecule has 1 aliphatic rings. The lowest BCUT2D eigenvalue weighted by molar-refractivity contribution is -0.132. The van der Waals surface area contributed by atoms with Crippen molar-refractivity contribution < 1.29 is 4.79 Å². The van der Waals surface area contributed by atoms with Gasteiger partial charge in [0.15, 0.2) is 0 Å². The minimum absolute atomic E-state index is 0.0964. The summed E-state index contributed by atoms with van der Waals surface area (Å²) in [5.41, 5.74) is 2.57. The highest BCUT2D eigenvalue weighted by atomic mass is 16.2. The quantitative estimate of drug-likeness (QED) is 0.938. The molecule has 0 unspecified atom stereocenters. The van der Waals surface area contributed by atoms with Crippen molar-refractivity contribution in [2.45, 2.75) is 45.7 Å². The Hall–Kier alpha value is -2.10. The van der Waals surface area contributed by atoms with Crippen LogP contribution >= 0.6 is 0 Å². The molecular weight excluding hydrogens is 264 g/mol. The number of H-pyrrole nitrogens is 1. The monoisotopic (exact) mass is 284 g/mol. The molecule has 1 saturated carbocycles. The van der Waals surface area contributed by atoms with E-state index >= 15 is 0 Å². The lowest BCUT2D eigenvalue weighted by atomic mass is 10.1. The van der Waals surface area contributed by atoms with Crippen LogP contribution in [0, 0.1) is 6.92 Å². The molecule has 1 aliphatic carbocycles. The van der Waals surface area contributed by atoms with Crippen LogP contribution in [-0.2, 0) is 11.3 Å². The van der Waals surface area contributed by atoms with Gasteiger partial charge in [0.2, 0.25) is 5.91 Å². The highest BCUT2D eigenvalue weighted by Gasteiger charge is 2.32. The Morgan fingerprint density at radius 2 is 2.10 bits per heavy atom. The van der Waals surface area contributed by atoms with Gasteiger partial charge < -0.3 is 9.88 Å². The summed E-state index contributed by atoms with van der Waals surface area (Å²) in [7, 11) is 0. The maximum Gasteiger partial charge on any atom is 0.253 e. The summed E-state index contributed by atoms with van der Waals surface area (Å²) in [5.74, 6) is 0.126. The second kappa shape index (κ2) is 5.35. The van der Waals surface area contributed by atoms with Crippen LogP contribution in [0.5, 0.6) is 0 Å². The van der Waals surface area contributed by atoms with Gasteiger partial charge in [0, 0.05) is 23.5 Å². The predicted octanol–water partition coefficient (Wildman–Crippen LogP) is 2.74. The highest BCUT2D eigenvalue weighted by molar-refractivity contribution is 5.80. The van der Waals surface area contributed by atoms with Crippen LogP contribution in [0.1, 0.15) is 37.3 Å². The standard InChI is InChI=1S/C17H20N2O2/c1-3-16(20)19(14-5-6-14)10-13-9-12-8-11(2)4-7-15(12)18-17(13)21/h4,7-9,14H,3,5-6,10H2,1-2H3,(H,18,21). The smallest absolute Gasteiger partial charge is 0.253 e. The van der Waals surface area contributed by atoms with Gasteiger partial charge in [-0.3, -0.25) is 9.59 Å². The molecule has 1 aromatic heterocycles. The summed E-state index contributed by atoms with van der Waals surface area (Å²) in [4.78, 5) is 29.0. The van der Waals surface area contributed by atoms with Crippen LogP contribution in [0.25, 0.3) is 10.9 Å². The van der Waals surface area contributed by atoms with Crippen molar-refractivity contribution in [3.05, 3.63) is 45.7 Å². The molecule has 4 nitrogen and oxygen atoms in total. The lowest BCUT2D eigenvalue weighted by Crippen LogP contribution is -2.34. The summed E-state index contributed by atoms with van der Waals surface area (Å²) in [6.07, 6.45) is 2.59. The van der Waals surface area contributed by atoms with E-state index < -0.39 is 0 Å². The second-order valence-electron chi connectivity index (χ2n) is 5.82. The van der Waals surface area contributed by atoms with Crippen molar-refractivity contribution in [1.29, 1.82) is 0 Å². The molecule has 1 fully saturated rings. The minimum atomic E-state index is -0.0964. The maximum atomic E-state index is 12.2. The Bertz CT molecular complexity index is 744. The van der Waals surface area contributed by atoms with Crippen LogP contribution in [0.3, 0.4) is 0 Å². The molecule has 1 aromatic carbocycles. The van der Waals surface area contributed by atoms with Crippen molar-refractivity contribution >= 4 is 16.8 Å². The predicted molar refractivity (Wildman–Crippen MR) is 83.2 cm³/mol. The number of aromatic amines is 1. The van der Waals surface area contributed by atoms with Gasteiger partial charge >= 0.3 is 0 Å². The Morgan fingerprint density at radius 1 is 1.33 bits per heavy atom. The largest absolute Gasteiger partial charge is 0.335 e. The molecule has 21 heavy (non-hydrogen) atoms. The number of carbonyl (C=O) groups excluding carboxylic acids is 1. The number of aryl methyl sites for hydroxylation is 1. The molecule has 0 bridgehead atoms. The summed E-state index contributed by atoms with van der Waals surface area (Å²) in [5, 5.41) is 1.02. The topological polar surface area (TPSA) is 53.2 Å². The molecule has 1 heterocycles. The van der Waals surface area contributed by atoms with E-state index in [0.717, 1.165) is 29.3 Å². The van der Waals surface area contributed by atoms with Gasteiger partial charge in [-0.05, 0) is 43.4 Å². The van der Waals surface area contributed by atoms with Crippen molar-refractivity contribution in [2.75, 3.05) is 0 Å². The van der Waals surface area contributed by atoms with E-state index in [1.807, 2.05) is 36.9 Å². The lowest BCUT2D eigenvalue weighted by Gasteiger charge is -2.21. The van der Waals surface area contributed by atoms with Gasteiger partial charge in [-0.25, -0.2) is 0 Å². The fraction of sp³-hybridized carbons (Fsp3) is 0.412. The molecule has 0 atom stereocenters. The third kappa shape index (κ3) is 2.84. The van der Waals surface area contributed by atoms with E-state index in [-0.39, 0.29) is 11.5 Å². The molecule has 3 rings (SSSR count). The van der Waals surface area contributed by atoms with Crippen LogP contribution in [0.4, 0.5) is 0 Å². The van der Waals surface area contributed by atoms with E-state index in [4.69, 9.17) is 0 Å². The first-order chi connectivity index (χ1) is 10.1. The summed E-state index contributed by atoms with van der Waals surface area (Å²) >= 11 is 0. The third-order valence-corrected chi connectivity index (χ3v) is 4.03. The first kappa shape index (κ1) is 13.9. The summed E-state index contributed by atoms with van der Waals surface area (Å²) in [6.45, 7) is 4.31. The molecule has 1 amide bonds. The van der Waals surface area contributed by atoms with Crippen LogP contribution in [0.15, 0.2) is 29.1 Å². The van der Waals surface area contributed by atoms with Gasteiger partial charge in [-0.2, -0.15) is 0 Å². The fourth-order valence-corrected chi connectivity index (χ4v) is 2.68. The van der Waals surface area contributed by atoms with Crippen molar-refractivity contribution in [1.82, 2.24) is 9.88 Å². The zero-order valence-corrected chi connectivity index (χ0v) is 12.5. The SMILES string of the molecule is CCC(=O)N(Cc1cc2cc(C)ccc2[nH]c1=O)C1CC1. The highest BCUT2D eigenvalue weighted by Crippen LogP contribution is 2.28. The third-order valence-electron chi connectivity index (χ3n) is 4.03. The molecule has 0 saturated heterocycles. The van der Waals surface area contributed by atoms with E-state index in [2.05, 4.69) is 11.1 Å². The number of carbonyl (C=O) groups is 1. The Balaban J connectivity index is 1.97. The van der Waals surface area contributed by atoms with E-state index in [0.29, 0.717) is 24.6 Å². The number of nitrogens with one attached hydrogen (secondary N) is 1. The van der Waals surface area contributed by atoms with Crippen LogP contribution in [0.2, 0.25) is 0 Å². The number of benzene rings is 1. The number of fused-ring (bicyclic) bond motifs is 1. The Kier molecular flexibility index (Phi) is 3.53. The summed E-state index contributed by atoms with van der Waals surface area (Å²) in [6, 6.07) is 8.20. The molecular formula is C17H20N2O2. The average Bonchev–Trinajstić information content (AvgIpc) is 3.29. The van der Waals surface area contributed by atoms with Gasteiger partial charge in [0.25, 0.3) is 5.56 Å². The molecule has 1 N–H and O–H groups in total. The van der Waals surface area contributed by atoms with Crippen LogP contribution < -0.4 is 5.56 Å². The van der Waals surface area contributed by atoms with Crippen LogP contribution in [-0.4, -0.2) is 21.8 Å². The molecule has 110 valence electrons. The molecule has 0 spiro atoms. The van der Waals surface area contributed by atoms with E-state index in [9.17, 15) is 9.59 Å². The Morgan fingerprint density at radius 3 is 2.76 bits per heavy atom. The van der Waals surface area contributed by atoms with Gasteiger partial charge in [0.05, 0.1) is 6.54 Å². The second-order valence-corrected chi connectivity index (χ2v) is 5.82. The number of pyridine rings is 1. The van der Waals surface area contributed by atoms with E-state index in [1.54, 1.807) is 0 Å². The van der Waals surface area contributed by atoms with E-state index in [1.165, 1.54) is 0 Å². The van der Waals surface area contributed by atoms with Crippen molar-refractivity contribution in [3.8, 4) is 0 Å². The number of aromatic nitrogens is 1. The number of amides is 1. The van der Waals surface area contributed by atoms with Crippen molar-refractivity contribution in [2.24, 2.45) is 0 Å². The first-order valence-electron chi connectivity index (χ1n) is 7.50. The number of hydrogen-bond donors (Lipinski definition) is 1. The normalized spacial score (nSPS) is 14.4. The van der Waals surface area contributed by atoms with Gasteiger partial charge in [0.1, 0.15) is 0 Å². The Labute approximate surface area is 123 Å². The van der Waals surface area contributed by atoms with Crippen molar-refractivity contribution in [3.63, 3.8) is 0 Å². The maximum absolute atomic E-state index is 12.2. The molecule has 2 aromatic rings.